The molecule has 2 aromatic carbocycles. The van der Waals surface area contributed by atoms with Crippen LogP contribution in [0.2, 0.25) is 0 Å². The first kappa shape index (κ1) is 15.0. The molecule has 0 spiro atoms. The predicted molar refractivity (Wildman–Crippen MR) is 76.8 cm³/mol. The maximum absolute atomic E-state index is 12.3. The van der Waals surface area contributed by atoms with E-state index in [1.165, 1.54) is 18.2 Å². The van der Waals surface area contributed by atoms with Crippen molar-refractivity contribution in [2.75, 3.05) is 5.32 Å². The van der Waals surface area contributed by atoms with Gasteiger partial charge in [-0.2, -0.15) is 8.78 Å². The summed E-state index contributed by atoms with van der Waals surface area (Å²) in [5.41, 5.74) is 1.76. The first-order chi connectivity index (χ1) is 10.1. The van der Waals surface area contributed by atoms with Gasteiger partial charge < -0.3 is 10.1 Å². The summed E-state index contributed by atoms with van der Waals surface area (Å²) in [4.78, 5) is 12.2. The number of carbonyl (C=O) groups excluding carboxylic acids is 1. The molecule has 0 aliphatic rings. The third-order valence-corrected chi connectivity index (χ3v) is 2.94. The van der Waals surface area contributed by atoms with E-state index in [9.17, 15) is 13.6 Å². The highest BCUT2D eigenvalue weighted by atomic mass is 19.3. The zero-order valence-corrected chi connectivity index (χ0v) is 11.5. The molecular formula is C16H15F2NO2. The molecule has 21 heavy (non-hydrogen) atoms. The van der Waals surface area contributed by atoms with Gasteiger partial charge in [0.2, 0.25) is 0 Å². The van der Waals surface area contributed by atoms with Gasteiger partial charge in [-0.05, 0) is 36.2 Å². The van der Waals surface area contributed by atoms with E-state index in [4.69, 9.17) is 0 Å². The van der Waals surface area contributed by atoms with E-state index in [1.807, 2.05) is 25.1 Å². The molecule has 0 atom stereocenters. The average molecular weight is 291 g/mol. The number of aryl methyl sites for hydroxylation is 1. The number of anilines is 1. The van der Waals surface area contributed by atoms with E-state index in [0.29, 0.717) is 5.69 Å². The number of alkyl halides is 2. The summed E-state index contributed by atoms with van der Waals surface area (Å²) in [6.07, 6.45) is 0.842. The Labute approximate surface area is 121 Å². The second kappa shape index (κ2) is 6.83. The number of hydrogen-bond acceptors (Lipinski definition) is 2. The molecule has 2 rings (SSSR count). The summed E-state index contributed by atoms with van der Waals surface area (Å²) in [5.74, 6) is -0.629. The molecule has 0 radical (unpaired) electrons. The van der Waals surface area contributed by atoms with E-state index in [2.05, 4.69) is 10.1 Å². The van der Waals surface area contributed by atoms with E-state index >= 15 is 0 Å². The van der Waals surface area contributed by atoms with E-state index in [1.54, 1.807) is 12.1 Å². The fourth-order valence-electron chi connectivity index (χ4n) is 1.92. The van der Waals surface area contributed by atoms with E-state index in [-0.39, 0.29) is 11.3 Å². The van der Waals surface area contributed by atoms with Gasteiger partial charge in [0.25, 0.3) is 5.91 Å². The van der Waals surface area contributed by atoms with Crippen molar-refractivity contribution in [3.05, 3.63) is 59.7 Å². The Balaban J connectivity index is 2.20. The van der Waals surface area contributed by atoms with Crippen LogP contribution in [0, 0.1) is 0 Å². The van der Waals surface area contributed by atoms with Crippen LogP contribution in [0.1, 0.15) is 22.8 Å². The first-order valence-corrected chi connectivity index (χ1v) is 6.54. The molecule has 0 aliphatic heterocycles. The third kappa shape index (κ3) is 4.02. The number of para-hydroxylation sites is 1. The fraction of sp³-hybridized carbons (Fsp3) is 0.188. The Morgan fingerprint density at radius 2 is 1.95 bits per heavy atom. The molecule has 0 saturated carbocycles. The molecular weight excluding hydrogens is 276 g/mol. The topological polar surface area (TPSA) is 38.3 Å². The number of carbonyl (C=O) groups is 1. The Hall–Kier alpha value is -2.43. The number of ether oxygens (including phenoxy) is 1. The van der Waals surface area contributed by atoms with Gasteiger partial charge in [0, 0.05) is 5.69 Å². The number of benzene rings is 2. The molecule has 0 aliphatic carbocycles. The highest BCUT2D eigenvalue weighted by molar-refractivity contribution is 6.06. The van der Waals surface area contributed by atoms with Crippen LogP contribution in [0.25, 0.3) is 0 Å². The Morgan fingerprint density at radius 3 is 2.67 bits per heavy atom. The van der Waals surface area contributed by atoms with Crippen molar-refractivity contribution in [2.45, 2.75) is 20.0 Å². The van der Waals surface area contributed by atoms with Crippen molar-refractivity contribution < 1.29 is 18.3 Å². The van der Waals surface area contributed by atoms with Crippen LogP contribution in [-0.4, -0.2) is 12.5 Å². The van der Waals surface area contributed by atoms with E-state index in [0.717, 1.165) is 12.0 Å². The third-order valence-electron chi connectivity index (χ3n) is 2.94. The molecule has 110 valence electrons. The van der Waals surface area contributed by atoms with Crippen molar-refractivity contribution in [3.8, 4) is 5.75 Å². The minimum absolute atomic E-state index is 0.0692. The smallest absolute Gasteiger partial charge is 0.387 e. The number of rotatable bonds is 5. The molecule has 5 heteroatoms. The maximum Gasteiger partial charge on any atom is 0.387 e. The van der Waals surface area contributed by atoms with Gasteiger partial charge in [-0.15, -0.1) is 0 Å². The van der Waals surface area contributed by atoms with Gasteiger partial charge in [-0.3, -0.25) is 4.79 Å². The van der Waals surface area contributed by atoms with Crippen LogP contribution in [0.15, 0.2) is 48.5 Å². The van der Waals surface area contributed by atoms with Gasteiger partial charge in [-0.1, -0.05) is 31.2 Å². The lowest BCUT2D eigenvalue weighted by molar-refractivity contribution is -0.0501. The second-order valence-corrected chi connectivity index (χ2v) is 4.38. The van der Waals surface area contributed by atoms with Crippen molar-refractivity contribution in [1.82, 2.24) is 0 Å². The normalized spacial score (nSPS) is 10.5. The first-order valence-electron chi connectivity index (χ1n) is 6.54. The molecule has 0 bridgehead atoms. The maximum atomic E-state index is 12.3. The summed E-state index contributed by atoms with van der Waals surface area (Å²) in [5, 5.41) is 2.68. The van der Waals surface area contributed by atoms with E-state index < -0.39 is 12.5 Å². The largest absolute Gasteiger partial charge is 0.434 e. The number of amides is 1. The summed E-state index contributed by atoms with van der Waals surface area (Å²) in [6.45, 7) is -0.963. The number of nitrogens with one attached hydrogen (secondary N) is 1. The van der Waals surface area contributed by atoms with Gasteiger partial charge in [0.15, 0.2) is 0 Å². The van der Waals surface area contributed by atoms with Crippen molar-refractivity contribution >= 4 is 11.6 Å². The summed E-state index contributed by atoms with van der Waals surface area (Å²) < 4.78 is 29.0. The quantitative estimate of drug-likeness (QED) is 0.900. The monoisotopic (exact) mass is 291 g/mol. The zero-order chi connectivity index (χ0) is 15.2. The minimum atomic E-state index is -2.97. The molecule has 0 saturated heterocycles. The second-order valence-electron chi connectivity index (χ2n) is 4.38. The standard InChI is InChI=1S/C16H15F2NO2/c1-2-11-6-5-7-12(10-11)19-15(20)13-8-3-4-9-14(13)21-16(17)18/h3-10,16H,2H2,1H3,(H,19,20). The van der Waals surface area contributed by atoms with Gasteiger partial charge in [0.1, 0.15) is 5.75 Å². The summed E-state index contributed by atoms with van der Waals surface area (Å²) in [7, 11) is 0. The average Bonchev–Trinajstić information content (AvgIpc) is 2.47. The Kier molecular flexibility index (Phi) is 4.87. The lowest BCUT2D eigenvalue weighted by Gasteiger charge is -2.11. The lowest BCUT2D eigenvalue weighted by Crippen LogP contribution is -2.15. The molecule has 0 unspecified atom stereocenters. The van der Waals surface area contributed by atoms with Crippen molar-refractivity contribution in [2.24, 2.45) is 0 Å². The Morgan fingerprint density at radius 1 is 1.19 bits per heavy atom. The van der Waals surface area contributed by atoms with Crippen molar-refractivity contribution in [1.29, 1.82) is 0 Å². The molecule has 1 N–H and O–H groups in total. The molecule has 0 fully saturated rings. The van der Waals surface area contributed by atoms with Crippen LogP contribution in [0.4, 0.5) is 14.5 Å². The van der Waals surface area contributed by atoms with Crippen LogP contribution >= 0.6 is 0 Å². The molecule has 2 aromatic rings. The van der Waals surface area contributed by atoms with Gasteiger partial charge >= 0.3 is 6.61 Å². The zero-order valence-electron chi connectivity index (χ0n) is 11.5. The van der Waals surface area contributed by atoms with Gasteiger partial charge in [0.05, 0.1) is 5.56 Å². The predicted octanol–water partition coefficient (Wildman–Crippen LogP) is 4.10. The van der Waals surface area contributed by atoms with Crippen LogP contribution < -0.4 is 10.1 Å². The lowest BCUT2D eigenvalue weighted by atomic mass is 10.1. The van der Waals surface area contributed by atoms with Crippen LogP contribution in [0.5, 0.6) is 5.75 Å². The fourth-order valence-corrected chi connectivity index (χ4v) is 1.92. The molecule has 1 amide bonds. The van der Waals surface area contributed by atoms with Crippen molar-refractivity contribution in [3.63, 3.8) is 0 Å². The van der Waals surface area contributed by atoms with Crippen LogP contribution in [0.3, 0.4) is 0 Å². The SMILES string of the molecule is CCc1cccc(NC(=O)c2ccccc2OC(F)F)c1. The summed E-state index contributed by atoms with van der Waals surface area (Å²) >= 11 is 0. The molecule has 0 aromatic heterocycles. The summed E-state index contributed by atoms with van der Waals surface area (Å²) in [6, 6.07) is 13.3. The van der Waals surface area contributed by atoms with Gasteiger partial charge in [-0.25, -0.2) is 0 Å². The Bertz CT molecular complexity index is 629. The highest BCUT2D eigenvalue weighted by Gasteiger charge is 2.15. The molecule has 3 nitrogen and oxygen atoms in total. The number of halogens is 2. The highest BCUT2D eigenvalue weighted by Crippen LogP contribution is 2.22. The molecule has 0 heterocycles. The van der Waals surface area contributed by atoms with Crippen LogP contribution in [-0.2, 0) is 6.42 Å². The minimum Gasteiger partial charge on any atom is -0.434 e. The number of hydrogen-bond donors (Lipinski definition) is 1.